The number of amides is 1. The van der Waals surface area contributed by atoms with Gasteiger partial charge in [0.15, 0.2) is 22.2 Å². The first kappa shape index (κ1) is 20.0. The molecular weight excluding hydrogens is 364 g/mol. The van der Waals surface area contributed by atoms with Gasteiger partial charge < -0.3 is 14.4 Å². The Balaban J connectivity index is 2.09. The average Bonchev–Trinajstić information content (AvgIpc) is 2.96. The molecule has 0 N–H and O–H groups in total. The Bertz CT molecular complexity index is 779. The summed E-state index contributed by atoms with van der Waals surface area (Å²) in [5, 5.41) is 11.2. The number of rotatable bonds is 8. The van der Waals surface area contributed by atoms with E-state index >= 15 is 0 Å². The van der Waals surface area contributed by atoms with Gasteiger partial charge in [-0.05, 0) is 25.0 Å². The molecule has 26 heavy (non-hydrogen) atoms. The maximum atomic E-state index is 12.5. The van der Waals surface area contributed by atoms with Crippen molar-refractivity contribution in [3.05, 3.63) is 28.3 Å². The van der Waals surface area contributed by atoms with Gasteiger partial charge in [0.25, 0.3) is 5.91 Å². The Morgan fingerprint density at radius 1 is 1.42 bits per heavy atom. The standard InChI is InChI=1S/C16H22N2O7S/c1-3-7-17(12-6-8-26(22,23)11-12)16(19)10-25-15-5-4-13(24-2)9-14(15)18(20)21/h4-5,9,12H,3,6-8,10-11H2,1-2H3/t12-/m0/s1. The summed E-state index contributed by atoms with van der Waals surface area (Å²) < 4.78 is 33.7. The van der Waals surface area contributed by atoms with Crippen molar-refractivity contribution in [2.45, 2.75) is 25.8 Å². The van der Waals surface area contributed by atoms with Gasteiger partial charge in [0, 0.05) is 12.6 Å². The zero-order valence-corrected chi connectivity index (χ0v) is 15.5. The van der Waals surface area contributed by atoms with Gasteiger partial charge in [-0.2, -0.15) is 0 Å². The lowest BCUT2D eigenvalue weighted by Crippen LogP contribution is -2.44. The summed E-state index contributed by atoms with van der Waals surface area (Å²) in [4.78, 5) is 24.6. The lowest BCUT2D eigenvalue weighted by Gasteiger charge is -2.27. The molecule has 0 saturated carbocycles. The second kappa shape index (κ2) is 8.35. The Labute approximate surface area is 152 Å². The molecule has 10 heteroatoms. The van der Waals surface area contributed by atoms with E-state index < -0.39 is 21.4 Å². The fraction of sp³-hybridized carbons (Fsp3) is 0.562. The highest BCUT2D eigenvalue weighted by molar-refractivity contribution is 7.91. The molecule has 0 bridgehead atoms. The van der Waals surface area contributed by atoms with Crippen LogP contribution in [0.15, 0.2) is 18.2 Å². The van der Waals surface area contributed by atoms with Crippen LogP contribution in [0.25, 0.3) is 0 Å². The number of carbonyl (C=O) groups is 1. The van der Waals surface area contributed by atoms with Crippen LogP contribution in [0.1, 0.15) is 19.8 Å². The van der Waals surface area contributed by atoms with Crippen LogP contribution < -0.4 is 9.47 Å². The topological polar surface area (TPSA) is 116 Å². The molecular formula is C16H22N2O7S. The first-order chi connectivity index (χ1) is 12.3. The zero-order valence-electron chi connectivity index (χ0n) is 14.7. The van der Waals surface area contributed by atoms with E-state index in [9.17, 15) is 23.3 Å². The van der Waals surface area contributed by atoms with Crippen molar-refractivity contribution in [1.82, 2.24) is 4.90 Å². The molecule has 1 heterocycles. The van der Waals surface area contributed by atoms with Gasteiger partial charge >= 0.3 is 5.69 Å². The number of nitro groups is 1. The Hall–Kier alpha value is -2.36. The maximum Gasteiger partial charge on any atom is 0.314 e. The zero-order chi connectivity index (χ0) is 19.3. The SMILES string of the molecule is CCCN(C(=O)COc1ccc(OC)cc1[N+](=O)[O-])[C@H]1CCS(=O)(=O)C1. The summed E-state index contributed by atoms with van der Waals surface area (Å²) in [5.41, 5.74) is -0.303. The molecule has 1 saturated heterocycles. The molecule has 0 aliphatic carbocycles. The van der Waals surface area contributed by atoms with Gasteiger partial charge in [0.1, 0.15) is 5.75 Å². The Morgan fingerprint density at radius 2 is 2.15 bits per heavy atom. The highest BCUT2D eigenvalue weighted by Crippen LogP contribution is 2.31. The molecule has 1 aliphatic rings. The lowest BCUT2D eigenvalue weighted by molar-refractivity contribution is -0.385. The molecule has 2 rings (SSSR count). The van der Waals surface area contributed by atoms with E-state index in [4.69, 9.17) is 9.47 Å². The van der Waals surface area contributed by atoms with Crippen molar-refractivity contribution in [3.63, 3.8) is 0 Å². The average molecular weight is 386 g/mol. The van der Waals surface area contributed by atoms with Crippen molar-refractivity contribution in [1.29, 1.82) is 0 Å². The molecule has 144 valence electrons. The number of hydrogen-bond acceptors (Lipinski definition) is 7. The number of sulfone groups is 1. The van der Waals surface area contributed by atoms with Crippen molar-refractivity contribution < 1.29 is 27.6 Å². The summed E-state index contributed by atoms with van der Waals surface area (Å²) >= 11 is 0. The van der Waals surface area contributed by atoms with E-state index in [-0.39, 0.29) is 34.9 Å². The van der Waals surface area contributed by atoms with E-state index in [1.165, 1.54) is 30.2 Å². The number of methoxy groups -OCH3 is 1. The van der Waals surface area contributed by atoms with Crippen molar-refractivity contribution in [3.8, 4) is 11.5 Å². The summed E-state index contributed by atoms with van der Waals surface area (Å²) in [6.07, 6.45) is 1.07. The molecule has 0 aromatic heterocycles. The number of carbonyl (C=O) groups excluding carboxylic acids is 1. The largest absolute Gasteiger partial charge is 0.496 e. The summed E-state index contributed by atoms with van der Waals surface area (Å²) in [5.74, 6) is -0.116. The normalized spacial score (nSPS) is 18.3. The molecule has 1 aliphatic heterocycles. The minimum atomic E-state index is -3.12. The van der Waals surface area contributed by atoms with E-state index in [0.717, 1.165) is 0 Å². The third-order valence-corrected chi connectivity index (χ3v) is 5.90. The summed E-state index contributed by atoms with van der Waals surface area (Å²) in [7, 11) is -1.73. The highest BCUT2D eigenvalue weighted by atomic mass is 32.2. The van der Waals surface area contributed by atoms with Gasteiger partial charge in [0.2, 0.25) is 0 Å². The monoisotopic (exact) mass is 386 g/mol. The number of ether oxygens (including phenoxy) is 2. The predicted octanol–water partition coefficient (Wildman–Crippen LogP) is 1.41. The van der Waals surface area contributed by atoms with Crippen LogP contribution >= 0.6 is 0 Å². The summed E-state index contributed by atoms with van der Waals surface area (Å²) in [6.45, 7) is 1.90. The van der Waals surface area contributed by atoms with Gasteiger partial charge in [-0.15, -0.1) is 0 Å². The van der Waals surface area contributed by atoms with Crippen LogP contribution in [-0.4, -0.2) is 62.0 Å². The van der Waals surface area contributed by atoms with Crippen LogP contribution in [0.3, 0.4) is 0 Å². The van der Waals surface area contributed by atoms with E-state index in [1.54, 1.807) is 0 Å². The van der Waals surface area contributed by atoms with E-state index in [1.807, 2.05) is 6.92 Å². The first-order valence-electron chi connectivity index (χ1n) is 8.22. The van der Waals surface area contributed by atoms with Crippen molar-refractivity contribution in [2.75, 3.05) is 31.8 Å². The third kappa shape index (κ3) is 4.84. The predicted molar refractivity (Wildman–Crippen MR) is 94.2 cm³/mol. The van der Waals surface area contributed by atoms with Crippen LogP contribution in [-0.2, 0) is 14.6 Å². The minimum Gasteiger partial charge on any atom is -0.496 e. The molecule has 0 spiro atoms. The number of benzene rings is 1. The smallest absolute Gasteiger partial charge is 0.314 e. The van der Waals surface area contributed by atoms with Gasteiger partial charge in [-0.1, -0.05) is 6.92 Å². The molecule has 9 nitrogen and oxygen atoms in total. The number of nitro benzene ring substituents is 1. The molecule has 1 aromatic rings. The molecule has 0 radical (unpaired) electrons. The Kier molecular flexibility index (Phi) is 6.41. The van der Waals surface area contributed by atoms with Crippen molar-refractivity contribution >= 4 is 21.4 Å². The molecule has 1 amide bonds. The highest BCUT2D eigenvalue weighted by Gasteiger charge is 2.34. The molecule has 0 unspecified atom stereocenters. The second-order valence-electron chi connectivity index (χ2n) is 6.02. The number of nitrogens with zero attached hydrogens (tertiary/aromatic N) is 2. The second-order valence-corrected chi connectivity index (χ2v) is 8.25. The fourth-order valence-corrected chi connectivity index (χ4v) is 4.62. The lowest BCUT2D eigenvalue weighted by atomic mass is 10.2. The van der Waals surface area contributed by atoms with Gasteiger partial charge in [-0.25, -0.2) is 8.42 Å². The molecule has 1 aromatic carbocycles. The number of hydrogen-bond donors (Lipinski definition) is 0. The van der Waals surface area contributed by atoms with Crippen LogP contribution in [0.4, 0.5) is 5.69 Å². The van der Waals surface area contributed by atoms with Gasteiger partial charge in [-0.3, -0.25) is 14.9 Å². The molecule has 1 fully saturated rings. The van der Waals surface area contributed by atoms with E-state index in [0.29, 0.717) is 25.1 Å². The quantitative estimate of drug-likeness (QED) is 0.490. The fourth-order valence-electron chi connectivity index (χ4n) is 2.88. The van der Waals surface area contributed by atoms with Crippen LogP contribution in [0.2, 0.25) is 0 Å². The maximum absolute atomic E-state index is 12.5. The molecule has 1 atom stereocenters. The van der Waals surface area contributed by atoms with Crippen LogP contribution in [0.5, 0.6) is 11.5 Å². The first-order valence-corrected chi connectivity index (χ1v) is 10.0. The van der Waals surface area contributed by atoms with Crippen LogP contribution in [0, 0.1) is 10.1 Å². The van der Waals surface area contributed by atoms with Crippen molar-refractivity contribution in [2.24, 2.45) is 0 Å². The Morgan fingerprint density at radius 3 is 2.69 bits per heavy atom. The third-order valence-electron chi connectivity index (χ3n) is 4.15. The minimum absolute atomic E-state index is 0.0420. The van der Waals surface area contributed by atoms with E-state index in [2.05, 4.69) is 0 Å². The summed E-state index contributed by atoms with van der Waals surface area (Å²) in [6, 6.07) is 3.71. The van der Waals surface area contributed by atoms with Gasteiger partial charge in [0.05, 0.1) is 29.6 Å².